The zero-order valence-corrected chi connectivity index (χ0v) is 11.2. The summed E-state index contributed by atoms with van der Waals surface area (Å²) in [6, 6.07) is 6.70. The van der Waals surface area contributed by atoms with E-state index in [-0.39, 0.29) is 17.6 Å². The van der Waals surface area contributed by atoms with Crippen molar-refractivity contribution in [1.82, 2.24) is 5.32 Å². The molecule has 2 heterocycles. The van der Waals surface area contributed by atoms with E-state index >= 15 is 0 Å². The second-order valence-corrected chi connectivity index (χ2v) is 5.10. The third-order valence-electron chi connectivity index (χ3n) is 3.60. The van der Waals surface area contributed by atoms with Crippen LogP contribution in [-0.2, 0) is 4.79 Å². The fourth-order valence-electron chi connectivity index (χ4n) is 2.54. The molecule has 0 bridgehead atoms. The topological polar surface area (TPSA) is 71.3 Å². The summed E-state index contributed by atoms with van der Waals surface area (Å²) in [5.41, 5.74) is 1.62. The molecular weight excluding hydrogens is 256 g/mol. The lowest BCUT2D eigenvalue weighted by molar-refractivity contribution is -0.117. The van der Waals surface area contributed by atoms with E-state index in [0.29, 0.717) is 11.3 Å². The Morgan fingerprint density at radius 1 is 1.40 bits per heavy atom. The maximum Gasteiger partial charge on any atom is 0.336 e. The van der Waals surface area contributed by atoms with Crippen LogP contribution in [-0.4, -0.2) is 18.5 Å². The Balaban J connectivity index is 1.89. The number of hydrogen-bond acceptors (Lipinski definition) is 4. The zero-order chi connectivity index (χ0) is 14.1. The second-order valence-electron chi connectivity index (χ2n) is 5.10. The normalized spacial score (nSPS) is 18.4. The van der Waals surface area contributed by atoms with E-state index in [1.165, 1.54) is 6.07 Å². The fraction of sp³-hybridized carbons (Fsp3) is 0.333. The van der Waals surface area contributed by atoms with Crippen molar-refractivity contribution in [1.29, 1.82) is 0 Å². The average Bonchev–Trinajstić information content (AvgIpc) is 2.91. The Labute approximate surface area is 116 Å². The van der Waals surface area contributed by atoms with Crippen molar-refractivity contribution in [2.45, 2.75) is 25.8 Å². The van der Waals surface area contributed by atoms with Gasteiger partial charge >= 0.3 is 5.63 Å². The third-order valence-corrected chi connectivity index (χ3v) is 3.60. The maximum absolute atomic E-state index is 12.0. The lowest BCUT2D eigenvalue weighted by Crippen LogP contribution is -2.35. The Kier molecular flexibility index (Phi) is 3.28. The summed E-state index contributed by atoms with van der Waals surface area (Å²) in [7, 11) is 0. The van der Waals surface area contributed by atoms with Crippen LogP contribution in [0.1, 0.15) is 18.4 Å². The minimum atomic E-state index is -0.379. The SMILES string of the molecule is Cc1cc(=O)oc2cc(NC(=O)[C@@H]3CCCN3)ccc12. The van der Waals surface area contributed by atoms with Gasteiger partial charge in [-0.2, -0.15) is 0 Å². The molecule has 1 amide bonds. The van der Waals surface area contributed by atoms with Crippen molar-refractivity contribution in [2.24, 2.45) is 0 Å². The predicted molar refractivity (Wildman–Crippen MR) is 76.9 cm³/mol. The highest BCUT2D eigenvalue weighted by molar-refractivity contribution is 5.96. The van der Waals surface area contributed by atoms with Gasteiger partial charge in [0.25, 0.3) is 0 Å². The highest BCUT2D eigenvalue weighted by atomic mass is 16.4. The van der Waals surface area contributed by atoms with Gasteiger partial charge < -0.3 is 15.1 Å². The molecule has 1 aromatic carbocycles. The molecule has 1 aliphatic heterocycles. The van der Waals surface area contributed by atoms with Crippen molar-refractivity contribution >= 4 is 22.6 Å². The molecule has 2 aromatic rings. The van der Waals surface area contributed by atoms with Crippen LogP contribution >= 0.6 is 0 Å². The molecule has 3 rings (SSSR count). The van der Waals surface area contributed by atoms with Crippen LogP contribution in [0, 0.1) is 6.92 Å². The molecule has 0 spiro atoms. The van der Waals surface area contributed by atoms with Gasteiger partial charge in [0.2, 0.25) is 5.91 Å². The molecule has 1 aliphatic rings. The van der Waals surface area contributed by atoms with Crippen LogP contribution in [0.3, 0.4) is 0 Å². The number of nitrogens with one attached hydrogen (secondary N) is 2. The molecule has 104 valence electrons. The van der Waals surface area contributed by atoms with E-state index < -0.39 is 0 Å². The Bertz CT molecular complexity index is 715. The van der Waals surface area contributed by atoms with Crippen molar-refractivity contribution in [3.63, 3.8) is 0 Å². The molecule has 5 nitrogen and oxygen atoms in total. The first-order chi connectivity index (χ1) is 9.63. The minimum absolute atomic E-state index is 0.0446. The molecule has 20 heavy (non-hydrogen) atoms. The number of hydrogen-bond donors (Lipinski definition) is 2. The number of amides is 1. The molecule has 5 heteroatoms. The van der Waals surface area contributed by atoms with Gasteiger partial charge in [0.05, 0.1) is 6.04 Å². The van der Waals surface area contributed by atoms with Crippen LogP contribution in [0.25, 0.3) is 11.0 Å². The van der Waals surface area contributed by atoms with Gasteiger partial charge in [-0.3, -0.25) is 4.79 Å². The monoisotopic (exact) mass is 272 g/mol. The highest BCUT2D eigenvalue weighted by Gasteiger charge is 2.21. The number of benzene rings is 1. The van der Waals surface area contributed by atoms with Gasteiger partial charge in [-0.05, 0) is 44.0 Å². The van der Waals surface area contributed by atoms with E-state index in [2.05, 4.69) is 10.6 Å². The summed E-state index contributed by atoms with van der Waals surface area (Å²) in [5, 5.41) is 6.87. The fourth-order valence-corrected chi connectivity index (χ4v) is 2.54. The molecule has 0 radical (unpaired) electrons. The molecule has 2 N–H and O–H groups in total. The summed E-state index contributed by atoms with van der Waals surface area (Å²) in [4.78, 5) is 23.4. The highest BCUT2D eigenvalue weighted by Crippen LogP contribution is 2.21. The van der Waals surface area contributed by atoms with Gasteiger partial charge in [-0.1, -0.05) is 0 Å². The number of carbonyl (C=O) groups excluding carboxylic acids is 1. The number of rotatable bonds is 2. The van der Waals surface area contributed by atoms with Crippen LogP contribution in [0.5, 0.6) is 0 Å². The second kappa shape index (κ2) is 5.09. The number of carbonyl (C=O) groups is 1. The Hall–Kier alpha value is -2.14. The van der Waals surface area contributed by atoms with E-state index in [0.717, 1.165) is 30.3 Å². The third kappa shape index (κ3) is 2.44. The number of fused-ring (bicyclic) bond motifs is 1. The van der Waals surface area contributed by atoms with Crippen molar-refractivity contribution < 1.29 is 9.21 Å². The molecule has 0 unspecified atom stereocenters. The smallest absolute Gasteiger partial charge is 0.336 e. The lowest BCUT2D eigenvalue weighted by atomic mass is 10.1. The van der Waals surface area contributed by atoms with E-state index in [1.807, 2.05) is 19.1 Å². The van der Waals surface area contributed by atoms with Crippen LogP contribution < -0.4 is 16.3 Å². The summed E-state index contributed by atoms with van der Waals surface area (Å²) < 4.78 is 5.17. The maximum atomic E-state index is 12.0. The lowest BCUT2D eigenvalue weighted by Gasteiger charge is -2.11. The van der Waals surface area contributed by atoms with E-state index in [9.17, 15) is 9.59 Å². The number of aryl methyl sites for hydroxylation is 1. The summed E-state index contributed by atoms with van der Waals surface area (Å²) in [6.07, 6.45) is 1.87. The number of anilines is 1. The van der Waals surface area contributed by atoms with Gasteiger partial charge in [-0.25, -0.2) is 4.79 Å². The molecule has 0 saturated carbocycles. The predicted octanol–water partition coefficient (Wildman–Crippen LogP) is 1.79. The zero-order valence-electron chi connectivity index (χ0n) is 11.2. The first-order valence-corrected chi connectivity index (χ1v) is 6.72. The molecular formula is C15H16N2O3. The van der Waals surface area contributed by atoms with Crippen molar-refractivity contribution in [3.8, 4) is 0 Å². The molecule has 1 atom stereocenters. The summed E-state index contributed by atoms with van der Waals surface area (Å²) in [6.45, 7) is 2.74. The molecule has 1 fully saturated rings. The average molecular weight is 272 g/mol. The molecule has 1 saturated heterocycles. The van der Waals surface area contributed by atoms with E-state index in [4.69, 9.17) is 4.42 Å². The molecule has 1 aromatic heterocycles. The van der Waals surface area contributed by atoms with Gasteiger partial charge in [0.15, 0.2) is 0 Å². The van der Waals surface area contributed by atoms with Crippen LogP contribution in [0.15, 0.2) is 33.5 Å². The minimum Gasteiger partial charge on any atom is -0.423 e. The van der Waals surface area contributed by atoms with E-state index in [1.54, 1.807) is 6.07 Å². The van der Waals surface area contributed by atoms with Crippen molar-refractivity contribution in [3.05, 3.63) is 40.2 Å². The van der Waals surface area contributed by atoms with Gasteiger partial charge in [0.1, 0.15) is 5.58 Å². The first-order valence-electron chi connectivity index (χ1n) is 6.72. The van der Waals surface area contributed by atoms with Gasteiger partial charge in [-0.15, -0.1) is 0 Å². The standard InChI is InChI=1S/C15H16N2O3/c1-9-7-14(18)20-13-8-10(4-5-11(9)13)17-15(19)12-3-2-6-16-12/h4-5,7-8,12,16H,2-3,6H2,1H3,(H,17,19)/t12-/m0/s1. The first kappa shape index (κ1) is 12.9. The van der Waals surface area contributed by atoms with Gasteiger partial charge in [0, 0.05) is 23.2 Å². The molecule has 0 aliphatic carbocycles. The summed E-state index contributed by atoms with van der Waals surface area (Å²) >= 11 is 0. The van der Waals surface area contributed by atoms with Crippen molar-refractivity contribution in [2.75, 3.05) is 11.9 Å². The summed E-state index contributed by atoms with van der Waals surface area (Å²) in [5.74, 6) is -0.0446. The Morgan fingerprint density at radius 3 is 3.00 bits per heavy atom. The van der Waals surface area contributed by atoms with Crippen LogP contribution in [0.2, 0.25) is 0 Å². The quantitative estimate of drug-likeness (QED) is 0.818. The largest absolute Gasteiger partial charge is 0.423 e. The Morgan fingerprint density at radius 2 is 2.25 bits per heavy atom. The van der Waals surface area contributed by atoms with Crippen LogP contribution in [0.4, 0.5) is 5.69 Å².